The van der Waals surface area contributed by atoms with E-state index in [4.69, 9.17) is 16.3 Å². The number of urea groups is 1. The van der Waals surface area contributed by atoms with E-state index in [2.05, 4.69) is 5.32 Å². The van der Waals surface area contributed by atoms with Gasteiger partial charge in [0.2, 0.25) is 0 Å². The maximum atomic E-state index is 12.3. The molecule has 0 bridgehead atoms. The summed E-state index contributed by atoms with van der Waals surface area (Å²) in [4.78, 5) is 13.9. The molecular weight excluding hydrogens is 352 g/mol. The molecule has 2 atom stereocenters. The Hall–Kier alpha value is -1.47. The van der Waals surface area contributed by atoms with Crippen LogP contribution in [-0.4, -0.2) is 56.1 Å². The van der Waals surface area contributed by atoms with Gasteiger partial charge in [-0.15, -0.1) is 0 Å². The summed E-state index contributed by atoms with van der Waals surface area (Å²) < 4.78 is 29.1. The first-order valence-corrected chi connectivity index (χ1v) is 10.1. The number of hydrogen-bond donors (Lipinski definition) is 1. The highest BCUT2D eigenvalue weighted by Crippen LogP contribution is 2.17. The summed E-state index contributed by atoms with van der Waals surface area (Å²) in [6.07, 6.45) is 0.244. The van der Waals surface area contributed by atoms with Gasteiger partial charge in [0.15, 0.2) is 9.84 Å². The first kappa shape index (κ1) is 18.9. The van der Waals surface area contributed by atoms with Crippen LogP contribution in [-0.2, 0) is 9.84 Å². The number of amides is 2. The Morgan fingerprint density at radius 1 is 1.38 bits per heavy atom. The van der Waals surface area contributed by atoms with Crippen molar-refractivity contribution in [1.82, 2.24) is 10.2 Å². The highest BCUT2D eigenvalue weighted by atomic mass is 35.5. The van der Waals surface area contributed by atoms with Gasteiger partial charge in [-0.05, 0) is 44.5 Å². The number of carbonyl (C=O) groups is 1. The number of carbonyl (C=O) groups excluding carboxylic acids is 1. The van der Waals surface area contributed by atoms with Crippen LogP contribution in [0.25, 0.3) is 0 Å². The standard InChI is InChI=1S/C16H23ClN2O4S/c1-12-7-9-24(21,22)10-8-19(12)16(20)18-11-13(2)23-15-5-3-14(17)4-6-15/h3-6,12-13H,7-11H2,1-2H3,(H,18,20). The first-order valence-electron chi connectivity index (χ1n) is 7.94. The molecule has 24 heavy (non-hydrogen) atoms. The maximum absolute atomic E-state index is 12.3. The van der Waals surface area contributed by atoms with E-state index >= 15 is 0 Å². The number of benzene rings is 1. The van der Waals surface area contributed by atoms with E-state index in [-0.39, 0.29) is 36.2 Å². The van der Waals surface area contributed by atoms with Crippen LogP contribution in [0.1, 0.15) is 20.3 Å². The Morgan fingerprint density at radius 3 is 2.71 bits per heavy atom. The molecule has 6 nitrogen and oxygen atoms in total. The molecule has 1 aromatic rings. The zero-order chi connectivity index (χ0) is 17.7. The molecule has 1 heterocycles. The van der Waals surface area contributed by atoms with Crippen LogP contribution >= 0.6 is 11.6 Å². The molecule has 1 N–H and O–H groups in total. The molecule has 2 rings (SSSR count). The van der Waals surface area contributed by atoms with Crippen molar-refractivity contribution in [2.24, 2.45) is 0 Å². The highest BCUT2D eigenvalue weighted by Gasteiger charge is 2.27. The topological polar surface area (TPSA) is 75.7 Å². The molecule has 0 aromatic heterocycles. The van der Waals surface area contributed by atoms with Crippen molar-refractivity contribution >= 4 is 27.5 Å². The maximum Gasteiger partial charge on any atom is 0.317 e. The average molecular weight is 375 g/mol. The minimum Gasteiger partial charge on any atom is -0.489 e. The van der Waals surface area contributed by atoms with E-state index in [0.717, 1.165) is 0 Å². The summed E-state index contributed by atoms with van der Waals surface area (Å²) in [6, 6.07) is 6.65. The SMILES string of the molecule is CC(CNC(=O)N1CCS(=O)(=O)CCC1C)Oc1ccc(Cl)cc1. The molecule has 0 radical (unpaired) electrons. The Bertz CT molecular complexity index is 663. The second kappa shape index (κ2) is 8.07. The lowest BCUT2D eigenvalue weighted by Crippen LogP contribution is -2.47. The minimum atomic E-state index is -3.05. The number of rotatable bonds is 4. The number of sulfone groups is 1. The molecule has 1 aliphatic rings. The van der Waals surface area contributed by atoms with E-state index in [1.807, 2.05) is 13.8 Å². The third-order valence-electron chi connectivity index (χ3n) is 3.97. The van der Waals surface area contributed by atoms with Crippen molar-refractivity contribution in [2.45, 2.75) is 32.4 Å². The van der Waals surface area contributed by atoms with Gasteiger partial charge in [-0.25, -0.2) is 13.2 Å². The van der Waals surface area contributed by atoms with Crippen LogP contribution in [0.4, 0.5) is 4.79 Å². The second-order valence-corrected chi connectivity index (χ2v) is 8.79. The fourth-order valence-electron chi connectivity index (χ4n) is 2.49. The monoisotopic (exact) mass is 374 g/mol. The molecule has 2 amide bonds. The molecule has 0 aliphatic carbocycles. The predicted molar refractivity (Wildman–Crippen MR) is 94.4 cm³/mol. The highest BCUT2D eigenvalue weighted by molar-refractivity contribution is 7.91. The van der Waals surface area contributed by atoms with Crippen molar-refractivity contribution in [3.05, 3.63) is 29.3 Å². The average Bonchev–Trinajstić information content (AvgIpc) is 2.66. The van der Waals surface area contributed by atoms with E-state index in [1.165, 1.54) is 0 Å². The molecule has 134 valence electrons. The van der Waals surface area contributed by atoms with Crippen LogP contribution in [0.5, 0.6) is 5.75 Å². The number of nitrogens with zero attached hydrogens (tertiary/aromatic N) is 1. The number of nitrogens with one attached hydrogen (secondary N) is 1. The van der Waals surface area contributed by atoms with Gasteiger partial charge in [0.1, 0.15) is 11.9 Å². The van der Waals surface area contributed by atoms with Gasteiger partial charge in [-0.3, -0.25) is 0 Å². The summed E-state index contributed by atoms with van der Waals surface area (Å²) in [6.45, 7) is 4.28. The zero-order valence-electron chi connectivity index (χ0n) is 13.9. The predicted octanol–water partition coefficient (Wildman–Crippen LogP) is 2.33. The molecule has 8 heteroatoms. The van der Waals surface area contributed by atoms with Crippen LogP contribution in [0, 0.1) is 0 Å². The molecule has 0 saturated carbocycles. The van der Waals surface area contributed by atoms with Crippen molar-refractivity contribution in [2.75, 3.05) is 24.6 Å². The van der Waals surface area contributed by atoms with Gasteiger partial charge in [0.25, 0.3) is 0 Å². The third-order valence-corrected chi connectivity index (χ3v) is 5.89. The summed E-state index contributed by atoms with van der Waals surface area (Å²) in [5.74, 6) is 0.825. The Labute approximate surface area is 148 Å². The van der Waals surface area contributed by atoms with Crippen molar-refractivity contribution in [3.8, 4) is 5.75 Å². The lowest BCUT2D eigenvalue weighted by molar-refractivity contribution is 0.171. The lowest BCUT2D eigenvalue weighted by Gasteiger charge is -2.27. The number of ether oxygens (including phenoxy) is 1. The first-order chi connectivity index (χ1) is 11.3. The van der Waals surface area contributed by atoms with Crippen LogP contribution in [0.3, 0.4) is 0 Å². The van der Waals surface area contributed by atoms with Gasteiger partial charge in [0, 0.05) is 17.6 Å². The number of halogens is 1. The molecule has 1 fully saturated rings. The van der Waals surface area contributed by atoms with Gasteiger partial charge >= 0.3 is 6.03 Å². The molecule has 1 saturated heterocycles. The Kier molecular flexibility index (Phi) is 6.34. The zero-order valence-corrected chi connectivity index (χ0v) is 15.4. The lowest BCUT2D eigenvalue weighted by atomic mass is 10.2. The smallest absolute Gasteiger partial charge is 0.317 e. The summed E-state index contributed by atoms with van der Waals surface area (Å²) in [5.41, 5.74) is 0. The van der Waals surface area contributed by atoms with Crippen molar-refractivity contribution in [1.29, 1.82) is 0 Å². The quantitative estimate of drug-likeness (QED) is 0.877. The van der Waals surface area contributed by atoms with Crippen LogP contribution < -0.4 is 10.1 Å². The van der Waals surface area contributed by atoms with Crippen LogP contribution in [0.15, 0.2) is 24.3 Å². The van der Waals surface area contributed by atoms with E-state index in [0.29, 0.717) is 23.7 Å². The van der Waals surface area contributed by atoms with Gasteiger partial charge in [-0.2, -0.15) is 0 Å². The summed E-state index contributed by atoms with van der Waals surface area (Å²) in [7, 11) is -3.05. The van der Waals surface area contributed by atoms with Crippen molar-refractivity contribution < 1.29 is 17.9 Å². The Morgan fingerprint density at radius 2 is 2.04 bits per heavy atom. The second-order valence-electron chi connectivity index (χ2n) is 6.05. The Balaban J connectivity index is 1.84. The van der Waals surface area contributed by atoms with Gasteiger partial charge in [-0.1, -0.05) is 11.6 Å². The van der Waals surface area contributed by atoms with E-state index < -0.39 is 9.84 Å². The third kappa shape index (κ3) is 5.56. The molecule has 0 spiro atoms. The van der Waals surface area contributed by atoms with Gasteiger partial charge in [0.05, 0.1) is 18.1 Å². The van der Waals surface area contributed by atoms with Gasteiger partial charge < -0.3 is 15.0 Å². The van der Waals surface area contributed by atoms with E-state index in [9.17, 15) is 13.2 Å². The normalized spacial score (nSPS) is 21.6. The molecule has 2 unspecified atom stereocenters. The minimum absolute atomic E-state index is 0.0155. The summed E-state index contributed by atoms with van der Waals surface area (Å²) >= 11 is 5.82. The number of hydrogen-bond acceptors (Lipinski definition) is 4. The summed E-state index contributed by atoms with van der Waals surface area (Å²) in [5, 5.41) is 3.44. The molecule has 1 aliphatic heterocycles. The van der Waals surface area contributed by atoms with Crippen molar-refractivity contribution in [3.63, 3.8) is 0 Å². The largest absolute Gasteiger partial charge is 0.489 e. The van der Waals surface area contributed by atoms with Crippen LogP contribution in [0.2, 0.25) is 5.02 Å². The fourth-order valence-corrected chi connectivity index (χ4v) is 3.99. The van der Waals surface area contributed by atoms with E-state index in [1.54, 1.807) is 29.2 Å². The fraction of sp³-hybridized carbons (Fsp3) is 0.562. The molecule has 1 aromatic carbocycles. The molecular formula is C16H23ClN2O4S.